The van der Waals surface area contributed by atoms with Crippen molar-refractivity contribution in [2.75, 3.05) is 33.2 Å². The number of hydrogen-bond acceptors (Lipinski definition) is 2. The molecule has 0 saturated carbocycles. The molecule has 1 rings (SSSR count). The molecule has 0 N–H and O–H groups in total. The van der Waals surface area contributed by atoms with Gasteiger partial charge in [0.1, 0.15) is 0 Å². The lowest BCUT2D eigenvalue weighted by atomic mass is 10.1. The molecule has 1 aliphatic rings. The fourth-order valence-electron chi connectivity index (χ4n) is 2.16. The second-order valence-electron chi connectivity index (χ2n) is 6.20. The lowest BCUT2D eigenvalue weighted by molar-refractivity contribution is 0.141. The van der Waals surface area contributed by atoms with Crippen LogP contribution >= 0.6 is 0 Å². The summed E-state index contributed by atoms with van der Waals surface area (Å²) in [7, 11) is 2.24. The lowest BCUT2D eigenvalue weighted by Crippen LogP contribution is -2.43. The van der Waals surface area contributed by atoms with Crippen molar-refractivity contribution < 1.29 is 0 Å². The Balaban J connectivity index is 2.24. The van der Waals surface area contributed by atoms with Crippen LogP contribution < -0.4 is 0 Å². The Morgan fingerprint density at radius 2 is 1.44 bits per heavy atom. The lowest BCUT2D eigenvalue weighted by Gasteiger charge is -2.34. The first-order chi connectivity index (χ1) is 7.50. The van der Waals surface area contributed by atoms with E-state index in [4.69, 9.17) is 0 Å². The molecule has 0 atom stereocenters. The average molecular weight is 226 g/mol. The summed E-state index contributed by atoms with van der Waals surface area (Å²) in [5, 5.41) is 0. The number of hydrogen-bond donors (Lipinski definition) is 0. The molecular weight excluding hydrogens is 196 g/mol. The summed E-state index contributed by atoms with van der Waals surface area (Å²) in [5.74, 6) is 0. The molecule has 0 bridgehead atoms. The third kappa shape index (κ3) is 5.31. The number of likely N-dealkylation sites (N-methyl/N-ethyl adjacent to an activating group) is 1. The molecule has 0 aromatic carbocycles. The summed E-state index contributed by atoms with van der Waals surface area (Å²) in [6, 6.07) is 0. The Morgan fingerprint density at radius 3 is 1.94 bits per heavy atom. The molecule has 1 fully saturated rings. The molecule has 1 saturated heterocycles. The van der Waals surface area contributed by atoms with Crippen molar-refractivity contribution in [1.82, 2.24) is 9.80 Å². The van der Waals surface area contributed by atoms with E-state index in [0.717, 1.165) is 0 Å². The molecule has 2 nitrogen and oxygen atoms in total. The number of rotatable bonds is 3. The van der Waals surface area contributed by atoms with Gasteiger partial charge in [0.2, 0.25) is 0 Å². The standard InChI is InChI=1S/C14H30N2/c1-14(2,3)15(4)12-13-16-10-8-6-5-7-9-11-16/h5-13H2,1-4H3. The maximum Gasteiger partial charge on any atom is 0.0122 e. The van der Waals surface area contributed by atoms with Gasteiger partial charge in [0.25, 0.3) is 0 Å². The van der Waals surface area contributed by atoms with Crippen molar-refractivity contribution in [3.63, 3.8) is 0 Å². The zero-order valence-corrected chi connectivity index (χ0v) is 11.8. The minimum atomic E-state index is 0.308. The van der Waals surface area contributed by atoms with E-state index >= 15 is 0 Å². The van der Waals surface area contributed by atoms with Gasteiger partial charge in [-0.3, -0.25) is 0 Å². The van der Waals surface area contributed by atoms with Crippen LogP contribution in [0.15, 0.2) is 0 Å². The third-order valence-electron chi connectivity index (χ3n) is 3.85. The van der Waals surface area contributed by atoms with E-state index in [1.165, 1.54) is 58.3 Å². The van der Waals surface area contributed by atoms with Gasteiger partial charge in [-0.25, -0.2) is 0 Å². The highest BCUT2D eigenvalue weighted by atomic mass is 15.2. The maximum atomic E-state index is 2.65. The van der Waals surface area contributed by atoms with Crippen molar-refractivity contribution in [2.24, 2.45) is 0 Å². The Bertz CT molecular complexity index is 176. The first-order valence-corrected chi connectivity index (χ1v) is 6.94. The second-order valence-corrected chi connectivity index (χ2v) is 6.20. The summed E-state index contributed by atoms with van der Waals surface area (Å²) in [6.45, 7) is 12.0. The predicted octanol–water partition coefficient (Wildman–Crippen LogP) is 2.98. The molecule has 0 aromatic rings. The first-order valence-electron chi connectivity index (χ1n) is 6.94. The van der Waals surface area contributed by atoms with Gasteiger partial charge in [-0.2, -0.15) is 0 Å². The zero-order chi connectivity index (χ0) is 12.0. The topological polar surface area (TPSA) is 6.48 Å². The van der Waals surface area contributed by atoms with Crippen LogP contribution in [0.25, 0.3) is 0 Å². The highest BCUT2D eigenvalue weighted by Gasteiger charge is 2.17. The van der Waals surface area contributed by atoms with E-state index in [0.29, 0.717) is 5.54 Å². The maximum absolute atomic E-state index is 2.65. The van der Waals surface area contributed by atoms with Crippen LogP contribution in [-0.4, -0.2) is 48.6 Å². The highest BCUT2D eigenvalue weighted by molar-refractivity contribution is 4.74. The Labute approximate surface area is 102 Å². The van der Waals surface area contributed by atoms with E-state index in [9.17, 15) is 0 Å². The molecule has 0 aromatic heterocycles. The molecule has 0 unspecified atom stereocenters. The quantitative estimate of drug-likeness (QED) is 0.730. The van der Waals surface area contributed by atoms with Crippen LogP contribution in [0.1, 0.15) is 52.9 Å². The van der Waals surface area contributed by atoms with Gasteiger partial charge in [-0.05, 0) is 53.8 Å². The van der Waals surface area contributed by atoms with Gasteiger partial charge in [-0.1, -0.05) is 19.3 Å². The van der Waals surface area contributed by atoms with Gasteiger partial charge < -0.3 is 9.80 Å². The summed E-state index contributed by atoms with van der Waals surface area (Å²) in [5.41, 5.74) is 0.308. The minimum Gasteiger partial charge on any atom is -0.302 e. The Hall–Kier alpha value is -0.0800. The number of nitrogens with zero attached hydrogens (tertiary/aromatic N) is 2. The molecule has 0 spiro atoms. The summed E-state index contributed by atoms with van der Waals surface area (Å²) < 4.78 is 0. The van der Waals surface area contributed by atoms with Crippen LogP contribution in [0.5, 0.6) is 0 Å². The first kappa shape index (κ1) is 14.0. The molecular formula is C14H30N2. The van der Waals surface area contributed by atoms with Crippen LogP contribution in [0.3, 0.4) is 0 Å². The van der Waals surface area contributed by atoms with Crippen molar-refractivity contribution in [2.45, 2.75) is 58.4 Å². The summed E-state index contributed by atoms with van der Waals surface area (Å²) >= 11 is 0. The highest BCUT2D eigenvalue weighted by Crippen LogP contribution is 2.12. The monoisotopic (exact) mass is 226 g/mol. The van der Waals surface area contributed by atoms with Crippen LogP contribution in [0, 0.1) is 0 Å². The largest absolute Gasteiger partial charge is 0.302 e. The van der Waals surface area contributed by atoms with Crippen molar-refractivity contribution in [3.05, 3.63) is 0 Å². The Morgan fingerprint density at radius 1 is 0.938 bits per heavy atom. The molecule has 16 heavy (non-hydrogen) atoms. The van der Waals surface area contributed by atoms with Crippen LogP contribution in [0.4, 0.5) is 0 Å². The molecule has 2 heteroatoms. The zero-order valence-electron chi connectivity index (χ0n) is 11.8. The summed E-state index contributed by atoms with van der Waals surface area (Å²) in [6.07, 6.45) is 7.13. The van der Waals surface area contributed by atoms with Gasteiger partial charge in [0.15, 0.2) is 0 Å². The predicted molar refractivity (Wildman–Crippen MR) is 71.9 cm³/mol. The molecule has 0 amide bonds. The van der Waals surface area contributed by atoms with Crippen molar-refractivity contribution >= 4 is 0 Å². The van der Waals surface area contributed by atoms with Gasteiger partial charge in [0.05, 0.1) is 0 Å². The molecule has 0 radical (unpaired) electrons. The molecule has 96 valence electrons. The van der Waals surface area contributed by atoms with Gasteiger partial charge >= 0.3 is 0 Å². The molecule has 1 aliphatic heterocycles. The van der Waals surface area contributed by atoms with Crippen molar-refractivity contribution in [1.29, 1.82) is 0 Å². The SMILES string of the molecule is CN(CCN1CCCCCCC1)C(C)(C)C. The smallest absolute Gasteiger partial charge is 0.0122 e. The van der Waals surface area contributed by atoms with E-state index in [1.54, 1.807) is 0 Å². The van der Waals surface area contributed by atoms with Crippen molar-refractivity contribution in [3.8, 4) is 0 Å². The normalized spacial score (nSPS) is 20.8. The fourth-order valence-corrected chi connectivity index (χ4v) is 2.16. The summed E-state index contributed by atoms with van der Waals surface area (Å²) in [4.78, 5) is 5.12. The van der Waals surface area contributed by atoms with Gasteiger partial charge in [0, 0.05) is 18.6 Å². The average Bonchev–Trinajstić information content (AvgIpc) is 2.14. The van der Waals surface area contributed by atoms with Gasteiger partial charge in [-0.15, -0.1) is 0 Å². The van der Waals surface area contributed by atoms with E-state index in [2.05, 4.69) is 37.6 Å². The van der Waals surface area contributed by atoms with Crippen LogP contribution in [0.2, 0.25) is 0 Å². The van der Waals surface area contributed by atoms with E-state index in [1.807, 2.05) is 0 Å². The Kier molecular flexibility index (Phi) is 5.77. The second kappa shape index (κ2) is 6.61. The fraction of sp³-hybridized carbons (Fsp3) is 1.00. The molecule has 1 heterocycles. The van der Waals surface area contributed by atoms with E-state index < -0.39 is 0 Å². The number of likely N-dealkylation sites (tertiary alicyclic amines) is 1. The van der Waals surface area contributed by atoms with Crippen LogP contribution in [-0.2, 0) is 0 Å². The minimum absolute atomic E-state index is 0.308. The van der Waals surface area contributed by atoms with E-state index in [-0.39, 0.29) is 0 Å². The third-order valence-corrected chi connectivity index (χ3v) is 3.85. The molecule has 0 aliphatic carbocycles.